The molecule has 0 amide bonds. The monoisotopic (exact) mass is 395 g/mol. The Morgan fingerprint density at radius 2 is 1.90 bits per heavy atom. The molecule has 9 heteroatoms. The van der Waals surface area contributed by atoms with E-state index in [1.54, 1.807) is 12.1 Å². The van der Waals surface area contributed by atoms with Gasteiger partial charge in [0.2, 0.25) is 11.9 Å². The molecular weight excluding hydrogens is 373 g/mol. The maximum absolute atomic E-state index is 13.3. The lowest BCUT2D eigenvalue weighted by atomic mass is 9.88. The summed E-state index contributed by atoms with van der Waals surface area (Å²) in [5.74, 6) is 2.55. The molecule has 1 aliphatic heterocycles. The third-order valence-corrected chi connectivity index (χ3v) is 5.30. The van der Waals surface area contributed by atoms with Crippen LogP contribution in [0.3, 0.4) is 0 Å². The average Bonchev–Trinajstić information content (AvgIpc) is 3.45. The first-order valence-corrected chi connectivity index (χ1v) is 9.83. The first-order chi connectivity index (χ1) is 14.1. The van der Waals surface area contributed by atoms with Gasteiger partial charge in [-0.1, -0.05) is 19.1 Å². The van der Waals surface area contributed by atoms with Crippen LogP contribution in [0.1, 0.15) is 42.8 Å². The summed E-state index contributed by atoms with van der Waals surface area (Å²) < 4.78 is 18.8. The van der Waals surface area contributed by atoms with Crippen molar-refractivity contribution in [2.45, 2.75) is 37.6 Å². The maximum atomic E-state index is 13.3. The molecule has 29 heavy (non-hydrogen) atoms. The molecule has 2 aromatic heterocycles. The Labute approximate surface area is 167 Å². The number of nitrogens with zero attached hydrogens (tertiary/aromatic N) is 4. The summed E-state index contributed by atoms with van der Waals surface area (Å²) in [6.07, 6.45) is 3.07. The standard InChI is InChI=1S/C20H22FN7O/c1-2-16-22-18(24-17-9-15(27-28-17)12-3-4-12)25-19(23-16)26-20(10-29-11-20)13-5-7-14(21)8-6-13/h5-9,12H,2-4,10-11H2,1H3,(H3,22,23,24,25,26,27,28). The van der Waals surface area contributed by atoms with Gasteiger partial charge in [-0.3, -0.25) is 5.10 Å². The van der Waals surface area contributed by atoms with E-state index in [1.807, 2.05) is 13.0 Å². The SMILES string of the molecule is CCc1nc(Nc2cc(C3CC3)[nH]n2)nc(NC2(c3ccc(F)cc3)COC2)n1. The zero-order valence-corrected chi connectivity index (χ0v) is 16.1. The van der Waals surface area contributed by atoms with E-state index in [0.29, 0.717) is 49.1 Å². The van der Waals surface area contributed by atoms with Crippen LogP contribution in [0.5, 0.6) is 0 Å². The van der Waals surface area contributed by atoms with E-state index >= 15 is 0 Å². The summed E-state index contributed by atoms with van der Waals surface area (Å²) in [5, 5.41) is 13.9. The summed E-state index contributed by atoms with van der Waals surface area (Å²) >= 11 is 0. The van der Waals surface area contributed by atoms with Gasteiger partial charge >= 0.3 is 0 Å². The van der Waals surface area contributed by atoms with Crippen LogP contribution in [0.25, 0.3) is 0 Å². The van der Waals surface area contributed by atoms with Crippen molar-refractivity contribution in [1.29, 1.82) is 0 Å². The number of halogens is 1. The van der Waals surface area contributed by atoms with E-state index in [-0.39, 0.29) is 5.82 Å². The van der Waals surface area contributed by atoms with Crippen LogP contribution in [0.4, 0.5) is 22.1 Å². The van der Waals surface area contributed by atoms with Crippen LogP contribution < -0.4 is 10.6 Å². The van der Waals surface area contributed by atoms with Gasteiger partial charge in [0.15, 0.2) is 5.82 Å². The van der Waals surface area contributed by atoms with Crippen LogP contribution in [0, 0.1) is 5.82 Å². The zero-order valence-electron chi connectivity index (χ0n) is 16.1. The van der Waals surface area contributed by atoms with E-state index in [4.69, 9.17) is 4.74 Å². The molecular formula is C20H22FN7O. The number of benzene rings is 1. The summed E-state index contributed by atoms with van der Waals surface area (Å²) in [5.41, 5.74) is 1.58. The Morgan fingerprint density at radius 3 is 2.55 bits per heavy atom. The number of aromatic amines is 1. The minimum absolute atomic E-state index is 0.270. The molecule has 1 aliphatic carbocycles. The fourth-order valence-electron chi connectivity index (χ4n) is 3.41. The molecule has 2 fully saturated rings. The normalized spacial score (nSPS) is 17.6. The van der Waals surface area contributed by atoms with Crippen molar-refractivity contribution in [1.82, 2.24) is 25.1 Å². The van der Waals surface area contributed by atoms with E-state index in [9.17, 15) is 4.39 Å². The lowest BCUT2D eigenvalue weighted by Crippen LogP contribution is -2.53. The Bertz CT molecular complexity index is 1010. The number of nitrogens with one attached hydrogen (secondary N) is 3. The topological polar surface area (TPSA) is 101 Å². The maximum Gasteiger partial charge on any atom is 0.233 e. The smallest absolute Gasteiger partial charge is 0.233 e. The van der Waals surface area contributed by atoms with Gasteiger partial charge in [-0.05, 0) is 30.5 Å². The number of anilines is 3. The number of rotatable bonds is 7. The summed E-state index contributed by atoms with van der Waals surface area (Å²) in [4.78, 5) is 13.5. The van der Waals surface area contributed by atoms with Crippen molar-refractivity contribution in [2.24, 2.45) is 0 Å². The number of H-pyrrole nitrogens is 1. The first kappa shape index (κ1) is 18.0. The van der Waals surface area contributed by atoms with E-state index in [1.165, 1.54) is 25.0 Å². The van der Waals surface area contributed by atoms with Gasteiger partial charge in [0.25, 0.3) is 0 Å². The van der Waals surface area contributed by atoms with E-state index in [2.05, 4.69) is 35.8 Å². The molecule has 3 heterocycles. The van der Waals surface area contributed by atoms with Gasteiger partial charge < -0.3 is 15.4 Å². The van der Waals surface area contributed by atoms with Crippen LogP contribution in [0.15, 0.2) is 30.3 Å². The molecule has 0 atom stereocenters. The van der Waals surface area contributed by atoms with Gasteiger partial charge in [-0.2, -0.15) is 20.1 Å². The average molecular weight is 395 g/mol. The highest BCUT2D eigenvalue weighted by Crippen LogP contribution is 2.39. The number of ether oxygens (including phenoxy) is 1. The lowest BCUT2D eigenvalue weighted by Gasteiger charge is -2.42. The molecule has 1 saturated carbocycles. The van der Waals surface area contributed by atoms with Gasteiger partial charge in [0.05, 0.1) is 13.2 Å². The molecule has 0 bridgehead atoms. The Balaban J connectivity index is 1.40. The molecule has 0 unspecified atom stereocenters. The second kappa shape index (κ2) is 7.07. The van der Waals surface area contributed by atoms with Crippen molar-refractivity contribution in [2.75, 3.05) is 23.8 Å². The van der Waals surface area contributed by atoms with Crippen molar-refractivity contribution >= 4 is 17.7 Å². The van der Waals surface area contributed by atoms with E-state index < -0.39 is 5.54 Å². The fourth-order valence-corrected chi connectivity index (χ4v) is 3.41. The fraction of sp³-hybridized carbons (Fsp3) is 0.400. The summed E-state index contributed by atoms with van der Waals surface area (Å²) in [6.45, 7) is 2.90. The predicted octanol–water partition coefficient (Wildman–Crippen LogP) is 3.25. The molecule has 3 aromatic rings. The third kappa shape index (κ3) is 3.65. The van der Waals surface area contributed by atoms with Crippen LogP contribution in [-0.2, 0) is 16.7 Å². The summed E-state index contributed by atoms with van der Waals surface area (Å²) in [7, 11) is 0. The number of aryl methyl sites for hydroxylation is 1. The highest BCUT2D eigenvalue weighted by Gasteiger charge is 2.41. The molecule has 150 valence electrons. The first-order valence-electron chi connectivity index (χ1n) is 9.83. The molecule has 0 spiro atoms. The predicted molar refractivity (Wildman–Crippen MR) is 106 cm³/mol. The van der Waals surface area contributed by atoms with Crippen molar-refractivity contribution in [3.05, 3.63) is 53.2 Å². The highest BCUT2D eigenvalue weighted by molar-refractivity contribution is 5.51. The number of aromatic nitrogens is 5. The quantitative estimate of drug-likeness (QED) is 0.564. The number of hydrogen-bond donors (Lipinski definition) is 3. The van der Waals surface area contributed by atoms with E-state index in [0.717, 1.165) is 11.3 Å². The molecule has 1 saturated heterocycles. The molecule has 3 N–H and O–H groups in total. The second-order valence-corrected chi connectivity index (χ2v) is 7.57. The minimum Gasteiger partial charge on any atom is -0.376 e. The van der Waals surface area contributed by atoms with Gasteiger partial charge in [0.1, 0.15) is 17.2 Å². The Hall–Kier alpha value is -3.07. The molecule has 5 rings (SSSR count). The molecule has 2 aliphatic rings. The molecule has 8 nitrogen and oxygen atoms in total. The largest absolute Gasteiger partial charge is 0.376 e. The lowest BCUT2D eigenvalue weighted by molar-refractivity contribution is -0.0451. The van der Waals surface area contributed by atoms with Crippen molar-refractivity contribution < 1.29 is 9.13 Å². The van der Waals surface area contributed by atoms with Crippen LogP contribution in [0.2, 0.25) is 0 Å². The highest BCUT2D eigenvalue weighted by atomic mass is 19.1. The molecule has 1 aromatic carbocycles. The second-order valence-electron chi connectivity index (χ2n) is 7.57. The Kier molecular flexibility index (Phi) is 4.39. The minimum atomic E-state index is -0.483. The third-order valence-electron chi connectivity index (χ3n) is 5.30. The van der Waals surface area contributed by atoms with Gasteiger partial charge in [-0.25, -0.2) is 4.39 Å². The Morgan fingerprint density at radius 1 is 1.14 bits per heavy atom. The van der Waals surface area contributed by atoms with Gasteiger partial charge in [-0.15, -0.1) is 0 Å². The zero-order chi connectivity index (χ0) is 19.8. The van der Waals surface area contributed by atoms with Gasteiger partial charge in [0, 0.05) is 24.1 Å². The summed E-state index contributed by atoms with van der Waals surface area (Å²) in [6, 6.07) is 8.41. The van der Waals surface area contributed by atoms with Crippen LogP contribution >= 0.6 is 0 Å². The molecule has 0 radical (unpaired) electrons. The van der Waals surface area contributed by atoms with Crippen LogP contribution in [-0.4, -0.2) is 38.4 Å². The van der Waals surface area contributed by atoms with Crippen molar-refractivity contribution in [3.8, 4) is 0 Å². The van der Waals surface area contributed by atoms with Crippen molar-refractivity contribution in [3.63, 3.8) is 0 Å². The number of hydrogen-bond acceptors (Lipinski definition) is 7.